The fourth-order valence-corrected chi connectivity index (χ4v) is 0.371. The van der Waals surface area contributed by atoms with Crippen LogP contribution in [-0.4, -0.2) is 52.9 Å². The Bertz CT molecular complexity index is 192. The maximum atomic E-state index is 10.4. The Hall–Kier alpha value is -0.630. The Kier molecular flexibility index (Phi) is 8.75. The summed E-state index contributed by atoms with van der Waals surface area (Å²) in [6.45, 7) is 3.17. The van der Waals surface area contributed by atoms with Crippen molar-refractivity contribution < 1.29 is 28.9 Å². The van der Waals surface area contributed by atoms with Gasteiger partial charge in [-0.2, -0.15) is 0 Å². The molecule has 0 saturated carbocycles. The van der Waals surface area contributed by atoms with Gasteiger partial charge < -0.3 is 14.5 Å². The summed E-state index contributed by atoms with van der Waals surface area (Å²) >= 11 is 0. The Morgan fingerprint density at radius 3 is 1.14 bits per heavy atom. The number of nitrogens with zero attached hydrogens (tertiary/aromatic N) is 1. The van der Waals surface area contributed by atoms with E-state index >= 15 is 0 Å². The maximum absolute atomic E-state index is 10.4. The molecule has 0 N–H and O–H groups in total. The number of hydrogen-bond donors (Lipinski definition) is 0. The molecule has 0 spiro atoms. The standard InChI is InChI=1S/C6H9NO6.Na.H/c1-4(8)11-7(12-5(2)9)13-6(3)10;;/h1-3H3;;. The van der Waals surface area contributed by atoms with E-state index in [4.69, 9.17) is 0 Å². The third-order valence-electron chi connectivity index (χ3n) is 0.609. The molecule has 0 fully saturated rings. The molecule has 0 aromatic heterocycles. The van der Waals surface area contributed by atoms with Gasteiger partial charge in [-0.05, 0) is 0 Å². The van der Waals surface area contributed by atoms with Crippen LogP contribution in [0.4, 0.5) is 0 Å². The minimum absolute atomic E-state index is 0. The number of carbonyl (C=O) groups excluding carboxylic acids is 3. The molecule has 0 aromatic carbocycles. The van der Waals surface area contributed by atoms with Gasteiger partial charge in [0, 0.05) is 20.8 Å². The van der Waals surface area contributed by atoms with E-state index < -0.39 is 17.9 Å². The van der Waals surface area contributed by atoms with Gasteiger partial charge in [0.15, 0.2) is 0 Å². The van der Waals surface area contributed by atoms with Crippen molar-refractivity contribution in [3.63, 3.8) is 0 Å². The van der Waals surface area contributed by atoms with Crippen LogP contribution in [0.3, 0.4) is 0 Å². The second-order valence-corrected chi connectivity index (χ2v) is 1.97. The molecular formula is C6H10NNaO6. The van der Waals surface area contributed by atoms with Crippen LogP contribution in [0.2, 0.25) is 0 Å². The van der Waals surface area contributed by atoms with Crippen LogP contribution in [0.1, 0.15) is 20.8 Å². The van der Waals surface area contributed by atoms with E-state index in [1.165, 1.54) is 0 Å². The molecule has 0 radical (unpaired) electrons. The number of hydrogen-bond acceptors (Lipinski definition) is 7. The second kappa shape index (κ2) is 7.74. The summed E-state index contributed by atoms with van der Waals surface area (Å²) in [5.74, 6) is -2.37. The molecule has 0 rings (SSSR count). The van der Waals surface area contributed by atoms with Crippen molar-refractivity contribution in [2.45, 2.75) is 20.8 Å². The first-order chi connectivity index (χ1) is 5.91. The normalized spacial score (nSPS) is 8.57. The van der Waals surface area contributed by atoms with Gasteiger partial charge in [0.05, 0.1) is 0 Å². The molecule has 8 heteroatoms. The average Bonchev–Trinajstić information content (AvgIpc) is 1.80. The number of rotatable bonds is 3. The molecule has 0 aromatic rings. The van der Waals surface area contributed by atoms with Crippen LogP contribution in [0.5, 0.6) is 0 Å². The molecule has 7 nitrogen and oxygen atoms in total. The predicted octanol–water partition coefficient (Wildman–Crippen LogP) is -0.926. The monoisotopic (exact) mass is 215 g/mol. The summed E-state index contributed by atoms with van der Waals surface area (Å²) in [6.07, 6.45) is 0. The topological polar surface area (TPSA) is 82.1 Å². The van der Waals surface area contributed by atoms with E-state index in [1.807, 2.05) is 0 Å². The van der Waals surface area contributed by atoms with Gasteiger partial charge in [-0.3, -0.25) is 14.4 Å². The average molecular weight is 215 g/mol. The van der Waals surface area contributed by atoms with Crippen molar-refractivity contribution in [2.75, 3.05) is 0 Å². The predicted molar refractivity (Wildman–Crippen MR) is 44.3 cm³/mol. The SMILES string of the molecule is CC(=O)ON(OC(C)=O)OC(C)=O.[NaH]. The van der Waals surface area contributed by atoms with Gasteiger partial charge in [0.25, 0.3) is 0 Å². The van der Waals surface area contributed by atoms with Gasteiger partial charge in [-0.25, -0.2) is 0 Å². The first kappa shape index (κ1) is 15.8. The zero-order chi connectivity index (χ0) is 10.4. The zero-order valence-corrected chi connectivity index (χ0v) is 7.40. The molecule has 0 aliphatic rings. The van der Waals surface area contributed by atoms with Crippen LogP contribution in [0.15, 0.2) is 0 Å². The first-order valence-electron chi connectivity index (χ1n) is 3.27. The molecular weight excluding hydrogens is 205 g/mol. The van der Waals surface area contributed by atoms with Gasteiger partial charge in [0.1, 0.15) is 0 Å². The van der Waals surface area contributed by atoms with Gasteiger partial charge in [-0.1, -0.05) is 0 Å². The molecule has 0 atom stereocenters. The molecule has 0 heterocycles. The van der Waals surface area contributed by atoms with Crippen LogP contribution in [0, 0.1) is 0 Å². The van der Waals surface area contributed by atoms with E-state index in [1.54, 1.807) is 0 Å². The fourth-order valence-electron chi connectivity index (χ4n) is 0.371. The molecule has 0 amide bonds. The van der Waals surface area contributed by atoms with E-state index in [-0.39, 0.29) is 34.9 Å². The third kappa shape index (κ3) is 9.46. The summed E-state index contributed by atoms with van der Waals surface area (Å²) in [7, 11) is 0. The Morgan fingerprint density at radius 1 is 0.786 bits per heavy atom. The fraction of sp³-hybridized carbons (Fsp3) is 0.500. The van der Waals surface area contributed by atoms with Crippen LogP contribution >= 0.6 is 0 Å². The van der Waals surface area contributed by atoms with Crippen molar-refractivity contribution in [2.24, 2.45) is 0 Å². The molecule has 0 aliphatic carbocycles. The summed E-state index contributed by atoms with van der Waals surface area (Å²) in [5, 5.41) is 0.0486. The van der Waals surface area contributed by atoms with Crippen LogP contribution in [-0.2, 0) is 28.9 Å². The Balaban J connectivity index is 0. The van der Waals surface area contributed by atoms with Crippen molar-refractivity contribution >= 4 is 47.5 Å². The number of carbonyl (C=O) groups is 3. The van der Waals surface area contributed by atoms with E-state index in [2.05, 4.69) is 14.5 Å². The van der Waals surface area contributed by atoms with E-state index in [0.29, 0.717) is 0 Å². The third-order valence-corrected chi connectivity index (χ3v) is 0.609. The summed E-state index contributed by atoms with van der Waals surface area (Å²) in [4.78, 5) is 43.7. The van der Waals surface area contributed by atoms with Crippen molar-refractivity contribution in [3.8, 4) is 0 Å². The van der Waals surface area contributed by atoms with Gasteiger partial charge in [0.2, 0.25) is 5.39 Å². The van der Waals surface area contributed by atoms with Crippen LogP contribution < -0.4 is 0 Å². The summed E-state index contributed by atoms with van der Waals surface area (Å²) in [5.41, 5.74) is 0. The second-order valence-electron chi connectivity index (χ2n) is 1.97. The Morgan fingerprint density at radius 2 is 1.00 bits per heavy atom. The molecule has 14 heavy (non-hydrogen) atoms. The van der Waals surface area contributed by atoms with Crippen molar-refractivity contribution in [3.05, 3.63) is 0 Å². The first-order valence-corrected chi connectivity index (χ1v) is 3.27. The van der Waals surface area contributed by atoms with E-state index in [9.17, 15) is 14.4 Å². The van der Waals surface area contributed by atoms with E-state index in [0.717, 1.165) is 20.8 Å². The molecule has 0 unspecified atom stereocenters. The van der Waals surface area contributed by atoms with Crippen molar-refractivity contribution in [1.82, 2.24) is 5.39 Å². The van der Waals surface area contributed by atoms with Crippen molar-refractivity contribution in [1.29, 1.82) is 0 Å². The Labute approximate surface area is 102 Å². The van der Waals surface area contributed by atoms with Crippen LogP contribution in [0.25, 0.3) is 0 Å². The van der Waals surface area contributed by atoms with Gasteiger partial charge >= 0.3 is 47.5 Å². The summed E-state index contributed by atoms with van der Waals surface area (Å²) in [6, 6.07) is 0. The molecule has 0 saturated heterocycles. The molecule has 0 bridgehead atoms. The quantitative estimate of drug-likeness (QED) is 0.444. The van der Waals surface area contributed by atoms with Gasteiger partial charge in [-0.15, -0.1) is 0 Å². The molecule has 0 aliphatic heterocycles. The summed E-state index contributed by atoms with van der Waals surface area (Å²) < 4.78 is 0. The zero-order valence-electron chi connectivity index (χ0n) is 7.40. The molecule has 76 valence electrons. The minimum atomic E-state index is -0.789.